The molecule has 6 heteroatoms. The second-order valence-electron chi connectivity index (χ2n) is 5.24. The van der Waals surface area contributed by atoms with E-state index in [0.29, 0.717) is 13.2 Å². The van der Waals surface area contributed by atoms with E-state index in [-0.39, 0.29) is 11.3 Å². The highest BCUT2D eigenvalue weighted by atomic mass is 32.1. The Bertz CT molecular complexity index is 423. The molecule has 0 aliphatic carbocycles. The van der Waals surface area contributed by atoms with Crippen molar-refractivity contribution in [1.82, 2.24) is 14.3 Å². The Morgan fingerprint density at radius 3 is 2.59 bits per heavy atom. The Balaban J connectivity index is 2.15. The maximum Gasteiger partial charge on any atom is 0.243 e. The van der Waals surface area contributed by atoms with Crippen LogP contribution in [0.1, 0.15) is 33.5 Å². The van der Waals surface area contributed by atoms with Gasteiger partial charge in [-0.2, -0.15) is 4.37 Å². The van der Waals surface area contributed by atoms with Gasteiger partial charge in [0.2, 0.25) is 11.0 Å². The number of hydrogen-bond acceptors (Lipinski definition) is 5. The zero-order valence-electron chi connectivity index (χ0n) is 10.7. The van der Waals surface area contributed by atoms with Crippen molar-refractivity contribution in [1.29, 1.82) is 0 Å². The summed E-state index contributed by atoms with van der Waals surface area (Å²) in [6.07, 6.45) is 0. The summed E-state index contributed by atoms with van der Waals surface area (Å²) in [5.74, 6) is 1.01. The minimum Gasteiger partial charge on any atom is -0.324 e. The summed E-state index contributed by atoms with van der Waals surface area (Å²) < 4.78 is 4.37. The van der Waals surface area contributed by atoms with E-state index in [1.165, 1.54) is 11.5 Å². The topological polar surface area (TPSA) is 49.3 Å². The predicted molar refractivity (Wildman–Crippen MR) is 68.2 cm³/mol. The molecule has 1 aliphatic heterocycles. The fourth-order valence-corrected chi connectivity index (χ4v) is 2.50. The lowest BCUT2D eigenvalue weighted by atomic mass is 9.96. The Hall–Kier alpha value is -1.17. The second-order valence-corrected chi connectivity index (χ2v) is 5.97. The molecule has 0 bridgehead atoms. The maximum absolute atomic E-state index is 11.6. The third-order valence-corrected chi connectivity index (χ3v) is 3.54. The van der Waals surface area contributed by atoms with Crippen LogP contribution < -0.4 is 4.90 Å². The number of rotatable bonds is 2. The van der Waals surface area contributed by atoms with Gasteiger partial charge in [-0.25, -0.2) is 4.98 Å². The third-order valence-electron chi connectivity index (χ3n) is 2.76. The summed E-state index contributed by atoms with van der Waals surface area (Å²) in [6, 6.07) is 0. The summed E-state index contributed by atoms with van der Waals surface area (Å²) >= 11 is 1.37. The SMILES string of the molecule is CCN1CN(c2nc(C(C)(C)C)ns2)CC1=O. The van der Waals surface area contributed by atoms with Gasteiger partial charge in [-0.1, -0.05) is 20.8 Å². The first-order valence-corrected chi connectivity index (χ1v) is 6.56. The van der Waals surface area contributed by atoms with Crippen molar-refractivity contribution >= 4 is 22.6 Å². The van der Waals surface area contributed by atoms with Crippen molar-refractivity contribution in [2.45, 2.75) is 33.1 Å². The van der Waals surface area contributed by atoms with Crippen LogP contribution in [0.2, 0.25) is 0 Å². The van der Waals surface area contributed by atoms with Crippen LogP contribution in [0, 0.1) is 0 Å². The van der Waals surface area contributed by atoms with Crippen LogP contribution in [-0.2, 0) is 10.2 Å². The average Bonchev–Trinajstić information content (AvgIpc) is 2.82. The lowest BCUT2D eigenvalue weighted by Crippen LogP contribution is -2.26. The van der Waals surface area contributed by atoms with E-state index in [0.717, 1.165) is 17.5 Å². The first-order chi connectivity index (χ1) is 7.91. The zero-order chi connectivity index (χ0) is 12.6. The van der Waals surface area contributed by atoms with Crippen LogP contribution in [-0.4, -0.2) is 39.9 Å². The zero-order valence-corrected chi connectivity index (χ0v) is 11.5. The number of carbonyl (C=O) groups excluding carboxylic acids is 1. The molecule has 0 N–H and O–H groups in total. The minimum absolute atomic E-state index is 0.0388. The van der Waals surface area contributed by atoms with Crippen molar-refractivity contribution in [3.05, 3.63) is 5.82 Å². The molecule has 17 heavy (non-hydrogen) atoms. The van der Waals surface area contributed by atoms with Crippen LogP contribution in [0.15, 0.2) is 0 Å². The standard InChI is InChI=1S/C11H18N4OS/c1-5-14-7-15(6-8(14)16)10-12-9(13-17-10)11(2,3)4/h5-7H2,1-4H3. The number of amides is 1. The summed E-state index contributed by atoms with van der Waals surface area (Å²) in [5.41, 5.74) is -0.0388. The van der Waals surface area contributed by atoms with E-state index >= 15 is 0 Å². The van der Waals surface area contributed by atoms with Crippen molar-refractivity contribution in [2.75, 3.05) is 24.7 Å². The lowest BCUT2D eigenvalue weighted by molar-refractivity contribution is -0.126. The van der Waals surface area contributed by atoms with Gasteiger partial charge >= 0.3 is 0 Å². The second kappa shape index (κ2) is 4.25. The smallest absolute Gasteiger partial charge is 0.243 e. The molecule has 0 spiro atoms. The molecular weight excluding hydrogens is 236 g/mol. The summed E-state index contributed by atoms with van der Waals surface area (Å²) in [5, 5.41) is 0.847. The molecule has 1 fully saturated rings. The van der Waals surface area contributed by atoms with Crippen molar-refractivity contribution in [2.24, 2.45) is 0 Å². The van der Waals surface area contributed by atoms with E-state index < -0.39 is 0 Å². The average molecular weight is 254 g/mol. The number of anilines is 1. The van der Waals surface area contributed by atoms with Gasteiger partial charge in [-0.15, -0.1) is 0 Å². The first kappa shape index (κ1) is 12.3. The number of carbonyl (C=O) groups is 1. The Morgan fingerprint density at radius 1 is 1.41 bits per heavy atom. The quantitative estimate of drug-likeness (QED) is 0.802. The summed E-state index contributed by atoms with van der Waals surface area (Å²) in [7, 11) is 0. The van der Waals surface area contributed by atoms with Crippen LogP contribution in [0.5, 0.6) is 0 Å². The molecule has 1 aliphatic rings. The molecule has 94 valence electrons. The molecule has 1 aromatic rings. The van der Waals surface area contributed by atoms with E-state index in [9.17, 15) is 4.79 Å². The van der Waals surface area contributed by atoms with Crippen molar-refractivity contribution in [3.63, 3.8) is 0 Å². The Kier molecular flexibility index (Phi) is 3.07. The molecule has 0 unspecified atom stereocenters. The molecule has 2 heterocycles. The number of aromatic nitrogens is 2. The fourth-order valence-electron chi connectivity index (χ4n) is 1.65. The highest BCUT2D eigenvalue weighted by Crippen LogP contribution is 2.26. The third kappa shape index (κ3) is 2.41. The van der Waals surface area contributed by atoms with Crippen molar-refractivity contribution in [3.8, 4) is 0 Å². The van der Waals surface area contributed by atoms with Gasteiger partial charge in [0.05, 0.1) is 6.67 Å². The van der Waals surface area contributed by atoms with Gasteiger partial charge in [-0.3, -0.25) is 4.79 Å². The van der Waals surface area contributed by atoms with E-state index in [1.54, 1.807) is 0 Å². The molecule has 1 aromatic heterocycles. The molecule has 5 nitrogen and oxygen atoms in total. The molecule has 0 aromatic carbocycles. The molecule has 1 saturated heterocycles. The van der Waals surface area contributed by atoms with Crippen molar-refractivity contribution < 1.29 is 4.79 Å². The molecule has 2 rings (SSSR count). The maximum atomic E-state index is 11.6. The van der Waals surface area contributed by atoms with Gasteiger partial charge in [0, 0.05) is 23.5 Å². The lowest BCUT2D eigenvalue weighted by Gasteiger charge is -2.15. The van der Waals surface area contributed by atoms with Gasteiger partial charge in [0.1, 0.15) is 12.4 Å². The van der Waals surface area contributed by atoms with Gasteiger partial charge in [0.15, 0.2) is 0 Å². The van der Waals surface area contributed by atoms with Gasteiger partial charge < -0.3 is 9.80 Å². The molecule has 0 saturated carbocycles. The number of hydrogen-bond donors (Lipinski definition) is 0. The normalized spacial score (nSPS) is 17.1. The van der Waals surface area contributed by atoms with Crippen LogP contribution in [0.25, 0.3) is 0 Å². The van der Waals surface area contributed by atoms with Crippen LogP contribution in [0.3, 0.4) is 0 Å². The molecule has 0 radical (unpaired) electrons. The fraction of sp³-hybridized carbons (Fsp3) is 0.727. The van der Waals surface area contributed by atoms with Crippen LogP contribution in [0.4, 0.5) is 5.13 Å². The summed E-state index contributed by atoms with van der Waals surface area (Å²) in [6.45, 7) is 10.1. The van der Waals surface area contributed by atoms with E-state index in [1.807, 2.05) is 16.7 Å². The van der Waals surface area contributed by atoms with Gasteiger partial charge in [-0.05, 0) is 6.92 Å². The molecule has 0 atom stereocenters. The van der Waals surface area contributed by atoms with Crippen LogP contribution >= 0.6 is 11.5 Å². The van der Waals surface area contributed by atoms with Gasteiger partial charge in [0.25, 0.3) is 0 Å². The highest BCUT2D eigenvalue weighted by Gasteiger charge is 2.29. The molecule has 1 amide bonds. The highest BCUT2D eigenvalue weighted by molar-refractivity contribution is 7.09. The first-order valence-electron chi connectivity index (χ1n) is 5.78. The minimum atomic E-state index is -0.0388. The largest absolute Gasteiger partial charge is 0.324 e. The number of likely N-dealkylation sites (N-methyl/N-ethyl adjacent to an activating group) is 1. The van der Waals surface area contributed by atoms with E-state index in [2.05, 4.69) is 30.1 Å². The van der Waals surface area contributed by atoms with E-state index in [4.69, 9.17) is 0 Å². The Morgan fingerprint density at radius 2 is 2.12 bits per heavy atom. The molecular formula is C11H18N4OS. The monoisotopic (exact) mass is 254 g/mol. The predicted octanol–water partition coefficient (Wildman–Crippen LogP) is 1.46. The number of nitrogens with zero attached hydrogens (tertiary/aromatic N) is 4. The summed E-state index contributed by atoms with van der Waals surface area (Å²) in [4.78, 5) is 20.0. The Labute approximate surface area is 106 Å².